The summed E-state index contributed by atoms with van der Waals surface area (Å²) in [6.07, 6.45) is 1.71. The molecule has 0 aliphatic carbocycles. The van der Waals surface area contributed by atoms with Crippen LogP contribution in [0.3, 0.4) is 0 Å². The van der Waals surface area contributed by atoms with E-state index in [0.29, 0.717) is 31.3 Å². The molecule has 0 saturated carbocycles. The van der Waals surface area contributed by atoms with E-state index in [1.807, 2.05) is 47.9 Å². The van der Waals surface area contributed by atoms with Crippen LogP contribution >= 0.6 is 23.4 Å². The summed E-state index contributed by atoms with van der Waals surface area (Å²) < 4.78 is 7.63. The molecular formula is C24H27ClN4O2S. The van der Waals surface area contributed by atoms with Crippen molar-refractivity contribution in [2.24, 2.45) is 0 Å². The predicted octanol–water partition coefficient (Wildman–Crippen LogP) is 4.24. The number of benzene rings is 2. The van der Waals surface area contributed by atoms with Gasteiger partial charge in [-0.15, -0.1) is 10.2 Å². The molecule has 32 heavy (non-hydrogen) atoms. The number of nitrogens with one attached hydrogen (secondary N) is 1. The molecule has 168 valence electrons. The molecule has 1 N–H and O–H groups in total. The van der Waals surface area contributed by atoms with E-state index in [4.69, 9.17) is 16.3 Å². The molecule has 1 saturated heterocycles. The second-order valence-electron chi connectivity index (χ2n) is 8.07. The monoisotopic (exact) mass is 470 g/mol. The van der Waals surface area contributed by atoms with Crippen LogP contribution < -0.4 is 5.32 Å². The molecule has 2 heterocycles. The summed E-state index contributed by atoms with van der Waals surface area (Å²) in [5.41, 5.74) is 2.16. The van der Waals surface area contributed by atoms with Crippen LogP contribution in [0.4, 0.5) is 0 Å². The average molecular weight is 471 g/mol. The van der Waals surface area contributed by atoms with E-state index in [9.17, 15) is 4.79 Å². The number of thioether (sulfide) groups is 1. The number of amides is 1. The number of ether oxygens (including phenoxy) is 1. The number of hydrogen-bond donors (Lipinski definition) is 1. The topological polar surface area (TPSA) is 69.0 Å². The van der Waals surface area contributed by atoms with Crippen LogP contribution in [0.5, 0.6) is 0 Å². The Labute approximate surface area is 197 Å². The van der Waals surface area contributed by atoms with Crippen LogP contribution in [0.15, 0.2) is 59.8 Å². The number of carbonyl (C=O) groups excluding carboxylic acids is 1. The highest BCUT2D eigenvalue weighted by Crippen LogP contribution is 2.35. The van der Waals surface area contributed by atoms with Crippen molar-refractivity contribution in [3.05, 3.63) is 76.6 Å². The number of nitrogens with zero attached hydrogens (tertiary/aromatic N) is 3. The van der Waals surface area contributed by atoms with E-state index in [2.05, 4.69) is 33.7 Å². The average Bonchev–Trinajstić information content (AvgIpc) is 3.16. The second kappa shape index (κ2) is 10.5. The number of aryl methyl sites for hydroxylation is 1. The van der Waals surface area contributed by atoms with Crippen LogP contribution in [0, 0.1) is 6.92 Å². The van der Waals surface area contributed by atoms with Gasteiger partial charge >= 0.3 is 0 Å². The molecule has 0 atom stereocenters. The maximum Gasteiger partial charge on any atom is 0.230 e. The molecule has 4 rings (SSSR count). The van der Waals surface area contributed by atoms with Crippen molar-refractivity contribution in [3.63, 3.8) is 0 Å². The highest BCUT2D eigenvalue weighted by atomic mass is 35.5. The van der Waals surface area contributed by atoms with E-state index in [1.165, 1.54) is 17.3 Å². The Morgan fingerprint density at radius 3 is 2.69 bits per heavy atom. The Kier molecular flexibility index (Phi) is 7.50. The van der Waals surface area contributed by atoms with Gasteiger partial charge in [-0.3, -0.25) is 4.79 Å². The third-order valence-corrected chi connectivity index (χ3v) is 7.13. The van der Waals surface area contributed by atoms with Crippen molar-refractivity contribution in [2.75, 3.05) is 25.5 Å². The standard InChI is InChI=1S/C24H27ClN4O2S/c1-18-27-28-23(29(18)15-19-6-3-2-4-7-19)32-16-22(30)26-17-24(10-12-31-13-11-24)20-8-5-9-21(25)14-20/h2-9,14H,10-13,15-17H2,1H3,(H,26,30). The molecule has 6 nitrogen and oxygen atoms in total. The summed E-state index contributed by atoms with van der Waals surface area (Å²) in [5, 5.41) is 13.1. The van der Waals surface area contributed by atoms with Crippen molar-refractivity contribution in [2.45, 2.75) is 36.9 Å². The molecular weight excluding hydrogens is 444 g/mol. The molecule has 3 aromatic rings. The SMILES string of the molecule is Cc1nnc(SCC(=O)NCC2(c3cccc(Cl)c3)CCOCC2)n1Cc1ccccc1. The van der Waals surface area contributed by atoms with Crippen molar-refractivity contribution < 1.29 is 9.53 Å². The van der Waals surface area contributed by atoms with Crippen LogP contribution in [0.25, 0.3) is 0 Å². The predicted molar refractivity (Wildman–Crippen MR) is 127 cm³/mol. The highest BCUT2D eigenvalue weighted by molar-refractivity contribution is 7.99. The normalized spacial score (nSPS) is 15.4. The third kappa shape index (κ3) is 5.52. The van der Waals surface area contributed by atoms with Crippen LogP contribution in [0.1, 0.15) is 29.8 Å². The van der Waals surface area contributed by atoms with Gasteiger partial charge in [0.25, 0.3) is 0 Å². The lowest BCUT2D eigenvalue weighted by atomic mass is 9.74. The minimum atomic E-state index is -0.159. The highest BCUT2D eigenvalue weighted by Gasteiger charge is 2.35. The quantitative estimate of drug-likeness (QED) is 0.498. The molecule has 0 radical (unpaired) electrons. The van der Waals surface area contributed by atoms with E-state index in [1.54, 1.807) is 0 Å². The van der Waals surface area contributed by atoms with Crippen molar-refractivity contribution >= 4 is 29.3 Å². The summed E-state index contributed by atoms with van der Waals surface area (Å²) in [5.74, 6) is 1.10. The second-order valence-corrected chi connectivity index (χ2v) is 9.45. The van der Waals surface area contributed by atoms with Gasteiger partial charge in [0.1, 0.15) is 5.82 Å². The fourth-order valence-corrected chi connectivity index (χ4v) is 5.02. The molecule has 0 spiro atoms. The van der Waals surface area contributed by atoms with Gasteiger partial charge in [0.05, 0.1) is 12.3 Å². The Hall–Kier alpha value is -2.35. The maximum absolute atomic E-state index is 12.7. The molecule has 0 unspecified atom stereocenters. The van der Waals surface area contributed by atoms with Gasteiger partial charge in [-0.25, -0.2) is 0 Å². The van der Waals surface area contributed by atoms with Crippen molar-refractivity contribution in [3.8, 4) is 0 Å². The molecule has 1 aliphatic heterocycles. The van der Waals surface area contributed by atoms with Gasteiger partial charge in [-0.2, -0.15) is 0 Å². The number of hydrogen-bond acceptors (Lipinski definition) is 5. The number of carbonyl (C=O) groups is 1. The first kappa shape index (κ1) is 22.8. The van der Waals surface area contributed by atoms with Gasteiger partial charge in [-0.1, -0.05) is 65.8 Å². The van der Waals surface area contributed by atoms with Gasteiger partial charge in [0, 0.05) is 30.2 Å². The largest absolute Gasteiger partial charge is 0.381 e. The van der Waals surface area contributed by atoms with Crippen LogP contribution in [-0.4, -0.2) is 46.2 Å². The molecule has 1 aliphatic rings. The van der Waals surface area contributed by atoms with E-state index in [-0.39, 0.29) is 17.1 Å². The summed E-state index contributed by atoms with van der Waals surface area (Å²) in [7, 11) is 0. The lowest BCUT2D eigenvalue weighted by Gasteiger charge is -2.38. The molecule has 2 aromatic carbocycles. The van der Waals surface area contributed by atoms with Gasteiger partial charge in [0.15, 0.2) is 5.16 Å². The first-order valence-electron chi connectivity index (χ1n) is 10.7. The molecule has 8 heteroatoms. The van der Waals surface area contributed by atoms with Crippen LogP contribution in [0.2, 0.25) is 5.02 Å². The summed E-state index contributed by atoms with van der Waals surface area (Å²) in [6, 6.07) is 18.1. The molecule has 1 aromatic heterocycles. The Morgan fingerprint density at radius 1 is 1.16 bits per heavy atom. The zero-order chi connectivity index (χ0) is 22.4. The fourth-order valence-electron chi connectivity index (χ4n) is 4.01. The summed E-state index contributed by atoms with van der Waals surface area (Å²) in [4.78, 5) is 12.7. The van der Waals surface area contributed by atoms with E-state index < -0.39 is 0 Å². The van der Waals surface area contributed by atoms with E-state index >= 15 is 0 Å². The first-order valence-corrected chi connectivity index (χ1v) is 12.1. The Morgan fingerprint density at radius 2 is 1.94 bits per heavy atom. The molecule has 1 amide bonds. The smallest absolute Gasteiger partial charge is 0.230 e. The zero-order valence-corrected chi connectivity index (χ0v) is 19.7. The lowest BCUT2D eigenvalue weighted by Crippen LogP contribution is -2.45. The van der Waals surface area contributed by atoms with Crippen LogP contribution in [-0.2, 0) is 21.5 Å². The molecule has 1 fully saturated rings. The third-order valence-electron chi connectivity index (χ3n) is 5.93. The molecule has 0 bridgehead atoms. The minimum Gasteiger partial charge on any atom is -0.381 e. The lowest BCUT2D eigenvalue weighted by molar-refractivity contribution is -0.119. The van der Waals surface area contributed by atoms with Gasteiger partial charge in [-0.05, 0) is 43.0 Å². The number of aromatic nitrogens is 3. The Balaban J connectivity index is 1.38. The number of rotatable bonds is 8. The van der Waals surface area contributed by atoms with Gasteiger partial charge in [0.2, 0.25) is 5.91 Å². The van der Waals surface area contributed by atoms with Crippen molar-refractivity contribution in [1.82, 2.24) is 20.1 Å². The Bertz CT molecular complexity index is 1050. The van der Waals surface area contributed by atoms with E-state index in [0.717, 1.165) is 29.4 Å². The minimum absolute atomic E-state index is 0.0187. The summed E-state index contributed by atoms with van der Waals surface area (Å²) in [6.45, 7) is 4.53. The maximum atomic E-state index is 12.7. The van der Waals surface area contributed by atoms with Gasteiger partial charge < -0.3 is 14.6 Å². The first-order chi connectivity index (χ1) is 15.6. The summed E-state index contributed by atoms with van der Waals surface area (Å²) >= 11 is 7.65. The van der Waals surface area contributed by atoms with Crippen molar-refractivity contribution in [1.29, 1.82) is 0 Å². The fraction of sp³-hybridized carbons (Fsp3) is 0.375. The zero-order valence-electron chi connectivity index (χ0n) is 18.1. The number of halogens is 1.